The molecule has 2 heterocycles. The van der Waals surface area contributed by atoms with E-state index >= 15 is 0 Å². The van der Waals surface area contributed by atoms with Crippen LogP contribution in [0.3, 0.4) is 0 Å². The third-order valence-electron chi connectivity index (χ3n) is 6.67. The normalized spacial score (nSPS) is 14.8. The number of benzene rings is 3. The van der Waals surface area contributed by atoms with E-state index in [-0.39, 0.29) is 12.6 Å². The summed E-state index contributed by atoms with van der Waals surface area (Å²) in [6, 6.07) is 23.1. The number of imidazole rings is 1. The highest BCUT2D eigenvalue weighted by atomic mass is 16.5. The van der Waals surface area contributed by atoms with Crippen LogP contribution in [0.15, 0.2) is 78.4 Å². The predicted octanol–water partition coefficient (Wildman–Crippen LogP) is 6.46. The molecule has 1 aromatic heterocycles. The Morgan fingerprint density at radius 1 is 1.00 bits per heavy atom. The van der Waals surface area contributed by atoms with Crippen molar-refractivity contribution in [1.29, 1.82) is 0 Å². The maximum Gasteiger partial charge on any atom is 0.338 e. The van der Waals surface area contributed by atoms with Crippen molar-refractivity contribution in [1.82, 2.24) is 9.55 Å². The average molecular weight is 512 g/mol. The first-order valence-corrected chi connectivity index (χ1v) is 13.0. The van der Waals surface area contributed by atoms with Gasteiger partial charge in [0.05, 0.1) is 48.7 Å². The van der Waals surface area contributed by atoms with Gasteiger partial charge < -0.3 is 19.5 Å². The molecule has 3 aromatic carbocycles. The molecule has 1 aliphatic rings. The van der Waals surface area contributed by atoms with E-state index in [0.29, 0.717) is 29.7 Å². The van der Waals surface area contributed by atoms with E-state index in [1.807, 2.05) is 79.7 Å². The Morgan fingerprint density at radius 2 is 1.71 bits per heavy atom. The molecule has 196 valence electrons. The minimum absolute atomic E-state index is 0.269. The van der Waals surface area contributed by atoms with Crippen LogP contribution in [0.25, 0.3) is 16.7 Å². The number of aromatic nitrogens is 2. The number of methoxy groups -OCH3 is 1. The third kappa shape index (κ3) is 4.96. The number of para-hydroxylation sites is 2. The van der Waals surface area contributed by atoms with Crippen molar-refractivity contribution >= 4 is 28.6 Å². The van der Waals surface area contributed by atoms with Gasteiger partial charge in [0.25, 0.3) is 0 Å². The highest BCUT2D eigenvalue weighted by Crippen LogP contribution is 2.42. The molecule has 0 fully saturated rings. The topological polar surface area (TPSA) is 74.6 Å². The van der Waals surface area contributed by atoms with Gasteiger partial charge in [0.1, 0.15) is 11.5 Å². The van der Waals surface area contributed by atoms with Gasteiger partial charge in [-0.25, -0.2) is 9.78 Å². The van der Waals surface area contributed by atoms with Crippen molar-refractivity contribution < 1.29 is 19.0 Å². The fraction of sp³-hybridized carbons (Fsp3) is 0.290. The van der Waals surface area contributed by atoms with Crippen molar-refractivity contribution in [3.63, 3.8) is 0 Å². The molecule has 0 saturated carbocycles. The molecule has 0 aliphatic carbocycles. The van der Waals surface area contributed by atoms with Crippen LogP contribution >= 0.6 is 0 Å². The number of rotatable bonds is 9. The molecule has 1 aliphatic heterocycles. The molecule has 0 saturated heterocycles. The van der Waals surface area contributed by atoms with E-state index in [1.54, 1.807) is 7.11 Å². The number of fused-ring (bicyclic) bond motifs is 3. The Bertz CT molecular complexity index is 1450. The molecule has 5 rings (SSSR count). The zero-order valence-corrected chi connectivity index (χ0v) is 22.2. The SMILES string of the molecule is CCOC(=O)C1=C(c2ccc(OC)cc2)Nc2nc3ccccc3n2[C@@H]1c1ccc(OCCC(C)C)cc1. The first kappa shape index (κ1) is 25.4. The molecule has 1 atom stereocenters. The first-order chi connectivity index (χ1) is 18.5. The van der Waals surface area contributed by atoms with E-state index < -0.39 is 6.04 Å². The Morgan fingerprint density at radius 3 is 2.39 bits per heavy atom. The van der Waals surface area contributed by atoms with Gasteiger partial charge in [-0.2, -0.15) is 0 Å². The van der Waals surface area contributed by atoms with Gasteiger partial charge in [-0.05, 0) is 78.9 Å². The van der Waals surface area contributed by atoms with Crippen molar-refractivity contribution in [3.8, 4) is 11.5 Å². The summed E-state index contributed by atoms with van der Waals surface area (Å²) in [4.78, 5) is 18.5. The number of carbonyl (C=O) groups excluding carboxylic acids is 1. The second-order valence-corrected chi connectivity index (χ2v) is 9.66. The standard InChI is InChI=1S/C31H33N3O4/c1-5-37-30(35)27-28(21-10-14-23(36-4)15-11-21)33-31-32-25-8-6-7-9-26(25)34(31)29(27)22-12-16-24(17-13-22)38-19-18-20(2)3/h6-17,20,29H,5,18-19H2,1-4H3,(H,32,33)/t29-/m1/s1. The molecule has 7 nitrogen and oxygen atoms in total. The minimum atomic E-state index is -0.459. The van der Waals surface area contributed by atoms with Crippen LogP contribution in [0.5, 0.6) is 11.5 Å². The van der Waals surface area contributed by atoms with E-state index in [4.69, 9.17) is 19.2 Å². The van der Waals surface area contributed by atoms with Crippen molar-refractivity contribution in [3.05, 3.63) is 89.5 Å². The number of hydrogen-bond donors (Lipinski definition) is 1. The van der Waals surface area contributed by atoms with Gasteiger partial charge in [0.2, 0.25) is 5.95 Å². The van der Waals surface area contributed by atoms with Gasteiger partial charge in [-0.3, -0.25) is 4.57 Å². The Kier molecular flexibility index (Phi) is 7.36. The smallest absolute Gasteiger partial charge is 0.338 e. The van der Waals surface area contributed by atoms with E-state index in [1.165, 1.54) is 0 Å². The van der Waals surface area contributed by atoms with Crippen LogP contribution in [0.4, 0.5) is 5.95 Å². The van der Waals surface area contributed by atoms with E-state index in [9.17, 15) is 4.79 Å². The van der Waals surface area contributed by atoms with Crippen LogP contribution < -0.4 is 14.8 Å². The number of anilines is 1. The summed E-state index contributed by atoms with van der Waals surface area (Å²) < 4.78 is 19.0. The lowest BCUT2D eigenvalue weighted by Crippen LogP contribution is -2.29. The molecule has 7 heteroatoms. The lowest BCUT2D eigenvalue weighted by molar-refractivity contribution is -0.138. The third-order valence-corrected chi connectivity index (χ3v) is 6.67. The Balaban J connectivity index is 1.66. The largest absolute Gasteiger partial charge is 0.497 e. The second kappa shape index (κ2) is 11.0. The van der Waals surface area contributed by atoms with E-state index in [0.717, 1.165) is 40.1 Å². The molecule has 38 heavy (non-hydrogen) atoms. The summed E-state index contributed by atoms with van der Waals surface area (Å²) in [7, 11) is 1.63. The molecule has 0 radical (unpaired) electrons. The monoisotopic (exact) mass is 511 g/mol. The number of nitrogens with one attached hydrogen (secondary N) is 1. The molecule has 0 bridgehead atoms. The molecule has 0 spiro atoms. The fourth-order valence-electron chi connectivity index (χ4n) is 4.72. The van der Waals surface area contributed by atoms with Crippen LogP contribution in [0, 0.1) is 5.92 Å². The number of esters is 1. The van der Waals surface area contributed by atoms with Gasteiger partial charge in [0.15, 0.2) is 0 Å². The van der Waals surface area contributed by atoms with Crippen molar-refractivity contribution in [2.75, 3.05) is 25.6 Å². The number of ether oxygens (including phenoxy) is 3. The van der Waals surface area contributed by atoms with Crippen LogP contribution in [-0.4, -0.2) is 35.8 Å². The van der Waals surface area contributed by atoms with Gasteiger partial charge >= 0.3 is 5.97 Å². The maximum atomic E-state index is 13.6. The highest BCUT2D eigenvalue weighted by Gasteiger charge is 2.36. The van der Waals surface area contributed by atoms with Crippen LogP contribution in [0.2, 0.25) is 0 Å². The first-order valence-electron chi connectivity index (χ1n) is 13.0. The fourth-order valence-corrected chi connectivity index (χ4v) is 4.72. The number of hydrogen-bond acceptors (Lipinski definition) is 6. The second-order valence-electron chi connectivity index (χ2n) is 9.66. The molecular formula is C31H33N3O4. The molecule has 4 aromatic rings. The van der Waals surface area contributed by atoms with Gasteiger partial charge in [-0.1, -0.05) is 38.1 Å². The van der Waals surface area contributed by atoms with Crippen molar-refractivity contribution in [2.24, 2.45) is 5.92 Å². The summed E-state index contributed by atoms with van der Waals surface area (Å²) >= 11 is 0. The minimum Gasteiger partial charge on any atom is -0.497 e. The van der Waals surface area contributed by atoms with Gasteiger partial charge in [0, 0.05) is 0 Å². The molecular weight excluding hydrogens is 478 g/mol. The summed E-state index contributed by atoms with van der Waals surface area (Å²) in [5.74, 6) is 2.39. The molecule has 0 amide bonds. The average Bonchev–Trinajstić information content (AvgIpc) is 3.31. The number of carbonyl (C=O) groups is 1. The summed E-state index contributed by atoms with van der Waals surface area (Å²) in [5, 5.41) is 3.44. The van der Waals surface area contributed by atoms with Crippen LogP contribution in [-0.2, 0) is 9.53 Å². The zero-order valence-electron chi connectivity index (χ0n) is 22.2. The Labute approximate surface area is 223 Å². The number of nitrogens with zero attached hydrogens (tertiary/aromatic N) is 2. The lowest BCUT2D eigenvalue weighted by Gasteiger charge is -2.31. The quantitative estimate of drug-likeness (QED) is 0.260. The Hall–Kier alpha value is -4.26. The molecule has 0 unspecified atom stereocenters. The summed E-state index contributed by atoms with van der Waals surface area (Å²) in [6.07, 6.45) is 0.987. The predicted molar refractivity (Wildman–Crippen MR) is 149 cm³/mol. The molecule has 1 N–H and O–H groups in total. The summed E-state index contributed by atoms with van der Waals surface area (Å²) in [6.45, 7) is 7.11. The van der Waals surface area contributed by atoms with Gasteiger partial charge in [-0.15, -0.1) is 0 Å². The summed E-state index contributed by atoms with van der Waals surface area (Å²) in [5.41, 5.74) is 4.71. The van der Waals surface area contributed by atoms with E-state index in [2.05, 4.69) is 23.7 Å². The van der Waals surface area contributed by atoms with Crippen molar-refractivity contribution in [2.45, 2.75) is 33.2 Å². The lowest BCUT2D eigenvalue weighted by atomic mass is 9.92. The zero-order chi connectivity index (χ0) is 26.6. The maximum absolute atomic E-state index is 13.6. The highest BCUT2D eigenvalue weighted by molar-refractivity contribution is 6.03. The van der Waals surface area contributed by atoms with Crippen LogP contribution in [0.1, 0.15) is 44.4 Å².